The van der Waals surface area contributed by atoms with Crippen molar-refractivity contribution in [2.45, 2.75) is 20.4 Å². The van der Waals surface area contributed by atoms with Crippen LogP contribution in [0, 0.1) is 13.8 Å². The first-order chi connectivity index (χ1) is 9.11. The van der Waals surface area contributed by atoms with Crippen molar-refractivity contribution in [3.05, 3.63) is 47.2 Å². The van der Waals surface area contributed by atoms with Gasteiger partial charge in [-0.25, -0.2) is 4.98 Å². The van der Waals surface area contributed by atoms with Crippen LogP contribution in [0.4, 0.5) is 5.69 Å². The minimum absolute atomic E-state index is 0.337. The van der Waals surface area contributed by atoms with Gasteiger partial charge in [0.15, 0.2) is 0 Å². The Morgan fingerprint density at radius 1 is 1.21 bits per heavy atom. The van der Waals surface area contributed by atoms with Gasteiger partial charge in [-0.1, -0.05) is 12.1 Å². The number of ether oxygens (including phenoxy) is 1. The lowest BCUT2D eigenvalue weighted by Gasteiger charge is -2.12. The van der Waals surface area contributed by atoms with Crippen molar-refractivity contribution in [2.75, 3.05) is 12.4 Å². The molecule has 0 unspecified atom stereocenters. The van der Waals surface area contributed by atoms with Gasteiger partial charge in [-0.3, -0.25) is 0 Å². The highest BCUT2D eigenvalue weighted by Gasteiger charge is 2.06. The van der Waals surface area contributed by atoms with Gasteiger partial charge in [-0.05, 0) is 31.5 Å². The molecule has 19 heavy (non-hydrogen) atoms. The number of pyridine rings is 1. The van der Waals surface area contributed by atoms with Gasteiger partial charge in [0.1, 0.15) is 5.75 Å². The molecule has 1 aromatic carbocycles. The van der Waals surface area contributed by atoms with Crippen LogP contribution in [-0.2, 0) is 6.54 Å². The zero-order valence-corrected chi connectivity index (χ0v) is 11.4. The molecule has 0 aliphatic carbocycles. The summed E-state index contributed by atoms with van der Waals surface area (Å²) in [7, 11) is 1.60. The highest BCUT2D eigenvalue weighted by Crippen LogP contribution is 2.28. The minimum atomic E-state index is 0.337. The first kappa shape index (κ1) is 13.2. The van der Waals surface area contributed by atoms with E-state index in [1.165, 1.54) is 0 Å². The normalized spacial score (nSPS) is 10.3. The molecule has 4 nitrogen and oxygen atoms in total. The second-order valence-corrected chi connectivity index (χ2v) is 4.43. The maximum absolute atomic E-state index is 9.89. The van der Waals surface area contributed by atoms with Gasteiger partial charge in [-0.2, -0.15) is 0 Å². The number of methoxy groups -OCH3 is 1. The summed E-state index contributed by atoms with van der Waals surface area (Å²) in [6.45, 7) is 4.36. The van der Waals surface area contributed by atoms with Crippen LogP contribution < -0.4 is 10.1 Å². The number of hydrogen-bond acceptors (Lipinski definition) is 4. The number of nitrogens with zero attached hydrogens (tertiary/aromatic N) is 1. The lowest BCUT2D eigenvalue weighted by Crippen LogP contribution is -2.04. The predicted octanol–water partition coefficient (Wildman–Crippen LogP) is 3.02. The number of anilines is 1. The maximum Gasteiger partial charge on any atom is 0.213 e. The number of phenols is 1. The molecule has 0 saturated carbocycles. The molecule has 0 atom stereocenters. The van der Waals surface area contributed by atoms with E-state index < -0.39 is 0 Å². The fraction of sp³-hybridized carbons (Fsp3) is 0.267. The van der Waals surface area contributed by atoms with Crippen molar-refractivity contribution >= 4 is 5.69 Å². The van der Waals surface area contributed by atoms with Crippen LogP contribution >= 0.6 is 0 Å². The van der Waals surface area contributed by atoms with Gasteiger partial charge in [0.05, 0.1) is 19.3 Å². The average Bonchev–Trinajstić information content (AvgIpc) is 2.44. The van der Waals surface area contributed by atoms with Crippen LogP contribution in [0.2, 0.25) is 0 Å². The number of aromatic hydroxyl groups is 1. The Hall–Kier alpha value is -2.23. The van der Waals surface area contributed by atoms with Crippen LogP contribution in [0.15, 0.2) is 30.3 Å². The average molecular weight is 258 g/mol. The number of rotatable bonds is 4. The molecule has 0 spiro atoms. The van der Waals surface area contributed by atoms with E-state index in [4.69, 9.17) is 4.74 Å². The van der Waals surface area contributed by atoms with Crippen molar-refractivity contribution in [3.8, 4) is 11.6 Å². The first-order valence-corrected chi connectivity index (χ1v) is 6.15. The largest absolute Gasteiger partial charge is 0.507 e. The molecule has 0 aliphatic rings. The van der Waals surface area contributed by atoms with E-state index in [1.807, 2.05) is 44.2 Å². The van der Waals surface area contributed by atoms with Crippen molar-refractivity contribution < 1.29 is 9.84 Å². The Morgan fingerprint density at radius 3 is 2.74 bits per heavy atom. The van der Waals surface area contributed by atoms with Crippen molar-refractivity contribution in [1.82, 2.24) is 4.98 Å². The Kier molecular flexibility index (Phi) is 3.90. The molecule has 100 valence electrons. The quantitative estimate of drug-likeness (QED) is 0.885. The summed E-state index contributed by atoms with van der Waals surface area (Å²) in [6.07, 6.45) is 0. The zero-order valence-electron chi connectivity index (χ0n) is 11.4. The second-order valence-electron chi connectivity index (χ2n) is 4.43. The Bertz CT molecular complexity index is 582. The molecule has 2 N–H and O–H groups in total. The molecule has 0 aliphatic heterocycles. The summed E-state index contributed by atoms with van der Waals surface area (Å²) in [5.41, 5.74) is 3.52. The van der Waals surface area contributed by atoms with Gasteiger partial charge in [0.25, 0.3) is 0 Å². The van der Waals surface area contributed by atoms with Gasteiger partial charge in [0, 0.05) is 17.3 Å². The smallest absolute Gasteiger partial charge is 0.213 e. The van der Waals surface area contributed by atoms with E-state index in [1.54, 1.807) is 7.11 Å². The molecule has 0 bridgehead atoms. The van der Waals surface area contributed by atoms with E-state index in [-0.39, 0.29) is 0 Å². The van der Waals surface area contributed by atoms with E-state index in [2.05, 4.69) is 10.3 Å². The fourth-order valence-corrected chi connectivity index (χ4v) is 1.88. The summed E-state index contributed by atoms with van der Waals surface area (Å²) in [5.74, 6) is 0.936. The van der Waals surface area contributed by atoms with Gasteiger partial charge >= 0.3 is 0 Å². The van der Waals surface area contributed by atoms with Crippen LogP contribution in [0.1, 0.15) is 16.8 Å². The number of aromatic nitrogens is 1. The molecule has 2 rings (SSSR count). The summed E-state index contributed by atoms with van der Waals surface area (Å²) in [6, 6.07) is 9.50. The predicted molar refractivity (Wildman–Crippen MR) is 75.7 cm³/mol. The Morgan fingerprint density at radius 2 is 2.00 bits per heavy atom. The summed E-state index contributed by atoms with van der Waals surface area (Å²) >= 11 is 0. The monoisotopic (exact) mass is 258 g/mol. The molecule has 0 radical (unpaired) electrons. The second kappa shape index (κ2) is 5.61. The van der Waals surface area contributed by atoms with Crippen molar-refractivity contribution in [1.29, 1.82) is 0 Å². The summed E-state index contributed by atoms with van der Waals surface area (Å²) in [4.78, 5) is 4.33. The van der Waals surface area contributed by atoms with Crippen LogP contribution in [0.5, 0.6) is 11.6 Å². The molecule has 0 amide bonds. The third kappa shape index (κ3) is 2.96. The van der Waals surface area contributed by atoms with E-state index >= 15 is 0 Å². The van der Waals surface area contributed by atoms with Crippen molar-refractivity contribution in [2.24, 2.45) is 0 Å². The summed E-state index contributed by atoms with van der Waals surface area (Å²) in [5, 5.41) is 13.2. The fourth-order valence-electron chi connectivity index (χ4n) is 1.88. The van der Waals surface area contributed by atoms with Crippen molar-refractivity contribution in [3.63, 3.8) is 0 Å². The number of benzene rings is 1. The Labute approximate surface area is 113 Å². The number of phenolic OH excluding ortho intramolecular Hbond substituents is 1. The lowest BCUT2D eigenvalue weighted by atomic mass is 10.1. The third-order valence-electron chi connectivity index (χ3n) is 3.08. The number of hydrogen-bond donors (Lipinski definition) is 2. The molecular formula is C15H18N2O2. The van der Waals surface area contributed by atoms with Crippen LogP contribution in [0.25, 0.3) is 0 Å². The molecular weight excluding hydrogens is 240 g/mol. The van der Waals surface area contributed by atoms with E-state index in [0.717, 1.165) is 22.5 Å². The van der Waals surface area contributed by atoms with Gasteiger partial charge in [-0.15, -0.1) is 0 Å². The molecule has 0 saturated heterocycles. The highest BCUT2D eigenvalue weighted by molar-refractivity contribution is 5.59. The van der Waals surface area contributed by atoms with E-state index in [9.17, 15) is 5.11 Å². The zero-order chi connectivity index (χ0) is 13.8. The van der Waals surface area contributed by atoms with Crippen LogP contribution in [-0.4, -0.2) is 17.2 Å². The van der Waals surface area contributed by atoms with Gasteiger partial charge in [0.2, 0.25) is 5.88 Å². The molecule has 1 heterocycles. The van der Waals surface area contributed by atoms with Crippen LogP contribution in [0.3, 0.4) is 0 Å². The van der Waals surface area contributed by atoms with Gasteiger partial charge < -0.3 is 15.2 Å². The number of aryl methyl sites for hydroxylation is 1. The highest BCUT2D eigenvalue weighted by atomic mass is 16.5. The lowest BCUT2D eigenvalue weighted by molar-refractivity contribution is 0.396. The third-order valence-corrected chi connectivity index (χ3v) is 3.08. The standard InChI is InChI=1S/C15H18N2O2/c1-10-7-8-13(11(2)15(10)18)16-9-12-5-4-6-14(17-12)19-3/h4-8,16,18H,9H2,1-3H3. The Balaban J connectivity index is 2.12. The molecule has 4 heteroatoms. The minimum Gasteiger partial charge on any atom is -0.507 e. The molecule has 0 fully saturated rings. The molecule has 1 aromatic heterocycles. The number of nitrogens with one attached hydrogen (secondary N) is 1. The first-order valence-electron chi connectivity index (χ1n) is 6.15. The SMILES string of the molecule is COc1cccc(CNc2ccc(C)c(O)c2C)n1. The summed E-state index contributed by atoms with van der Waals surface area (Å²) < 4.78 is 5.09. The maximum atomic E-state index is 9.89. The molecule has 2 aromatic rings. The topological polar surface area (TPSA) is 54.4 Å². The van der Waals surface area contributed by atoms with E-state index in [0.29, 0.717) is 18.2 Å².